The van der Waals surface area contributed by atoms with Crippen molar-refractivity contribution in [2.24, 2.45) is 0 Å². The van der Waals surface area contributed by atoms with Crippen molar-refractivity contribution in [3.05, 3.63) is 91.8 Å². The van der Waals surface area contributed by atoms with Gasteiger partial charge in [-0.2, -0.15) is 0 Å². The predicted octanol–water partition coefficient (Wildman–Crippen LogP) is 5.71. The number of nitrogens with zero attached hydrogens (tertiary/aromatic N) is 1. The normalized spacial score (nSPS) is 14.6. The van der Waals surface area contributed by atoms with Crippen LogP contribution in [0.25, 0.3) is 6.08 Å². The van der Waals surface area contributed by atoms with Gasteiger partial charge in [-0.05, 0) is 70.6 Å². The van der Waals surface area contributed by atoms with Crippen molar-refractivity contribution in [2.45, 2.75) is 0 Å². The number of rotatable bonds is 6. The van der Waals surface area contributed by atoms with Crippen LogP contribution in [-0.4, -0.2) is 29.4 Å². The number of hydrogen-bond acceptors (Lipinski definition) is 5. The number of thiocarbonyl (C=S) groups is 1. The molecule has 1 heterocycles. The lowest BCUT2D eigenvalue weighted by molar-refractivity contribution is -0.122. The summed E-state index contributed by atoms with van der Waals surface area (Å²) in [5.74, 6) is -1.41. The van der Waals surface area contributed by atoms with Gasteiger partial charge in [0.15, 0.2) is 11.7 Å². The van der Waals surface area contributed by atoms with Gasteiger partial charge in [-0.1, -0.05) is 57.9 Å². The van der Waals surface area contributed by atoms with Crippen LogP contribution in [0.3, 0.4) is 0 Å². The topological polar surface area (TPSA) is 87.7 Å². The molecule has 0 bridgehead atoms. The standard InChI is InChI=1S/C25H16Br2ClN3O4S/c26-15-10-14(11-17-23(33)30-25(36)31(24(17)34)16-6-2-1-3-7-16)22(18(27)12-15)35-13-21(32)29-20-9-5-4-8-19(20)28/h1-12H,13H2,(H,29,32)(H,30,33,36)/b17-11-. The Balaban J connectivity index is 1.62. The third-order valence-electron chi connectivity index (χ3n) is 4.95. The van der Waals surface area contributed by atoms with Crippen molar-refractivity contribution < 1.29 is 19.1 Å². The third kappa shape index (κ3) is 5.84. The van der Waals surface area contributed by atoms with Crippen LogP contribution in [0.15, 0.2) is 81.2 Å². The Morgan fingerprint density at radius 3 is 2.50 bits per heavy atom. The van der Waals surface area contributed by atoms with Crippen molar-refractivity contribution >= 4 is 96.0 Å². The summed E-state index contributed by atoms with van der Waals surface area (Å²) in [6, 6.07) is 19.0. The molecule has 0 atom stereocenters. The lowest BCUT2D eigenvalue weighted by Crippen LogP contribution is -2.54. The van der Waals surface area contributed by atoms with E-state index < -0.39 is 17.7 Å². The van der Waals surface area contributed by atoms with Crippen LogP contribution in [0.5, 0.6) is 5.75 Å². The summed E-state index contributed by atoms with van der Waals surface area (Å²) < 4.78 is 6.96. The summed E-state index contributed by atoms with van der Waals surface area (Å²) in [5.41, 5.74) is 1.21. The van der Waals surface area contributed by atoms with Crippen molar-refractivity contribution in [3.8, 4) is 5.75 Å². The second-order valence-electron chi connectivity index (χ2n) is 7.42. The molecular formula is C25H16Br2ClN3O4S. The molecule has 1 aliphatic heterocycles. The first-order valence-electron chi connectivity index (χ1n) is 10.4. The van der Waals surface area contributed by atoms with Crippen LogP contribution in [-0.2, 0) is 14.4 Å². The zero-order valence-electron chi connectivity index (χ0n) is 18.3. The first-order valence-corrected chi connectivity index (χ1v) is 12.7. The number of ether oxygens (including phenoxy) is 1. The van der Waals surface area contributed by atoms with E-state index >= 15 is 0 Å². The zero-order valence-corrected chi connectivity index (χ0v) is 23.0. The molecule has 0 unspecified atom stereocenters. The van der Waals surface area contributed by atoms with E-state index in [1.807, 2.05) is 0 Å². The largest absolute Gasteiger partial charge is 0.482 e. The summed E-state index contributed by atoms with van der Waals surface area (Å²) in [6.45, 7) is -0.345. The summed E-state index contributed by atoms with van der Waals surface area (Å²) in [5, 5.41) is 5.60. The number of para-hydroxylation sites is 2. The Labute approximate surface area is 233 Å². The molecule has 1 saturated heterocycles. The van der Waals surface area contributed by atoms with E-state index in [4.69, 9.17) is 28.6 Å². The van der Waals surface area contributed by atoms with E-state index in [0.29, 0.717) is 30.9 Å². The van der Waals surface area contributed by atoms with Gasteiger partial charge in [-0.3, -0.25) is 24.6 Å². The molecule has 3 aromatic rings. The monoisotopic (exact) mass is 647 g/mol. The highest BCUT2D eigenvalue weighted by Gasteiger charge is 2.34. The summed E-state index contributed by atoms with van der Waals surface area (Å²) in [7, 11) is 0. The number of halogens is 3. The molecule has 3 amide bonds. The Hall–Kier alpha value is -3.05. The summed E-state index contributed by atoms with van der Waals surface area (Å²) in [6.07, 6.45) is 1.40. The number of amides is 3. The minimum Gasteiger partial charge on any atom is -0.482 e. The average Bonchev–Trinajstić information content (AvgIpc) is 2.83. The molecule has 2 N–H and O–H groups in total. The Bertz CT molecular complexity index is 1420. The second kappa shape index (κ2) is 11.3. The van der Waals surface area contributed by atoms with E-state index in [-0.39, 0.29) is 23.0 Å². The highest BCUT2D eigenvalue weighted by Crippen LogP contribution is 2.35. The smallest absolute Gasteiger partial charge is 0.270 e. The molecule has 1 fully saturated rings. The Morgan fingerprint density at radius 2 is 1.78 bits per heavy atom. The number of hydrogen-bond donors (Lipinski definition) is 2. The van der Waals surface area contributed by atoms with Crippen molar-refractivity contribution in [1.82, 2.24) is 5.32 Å². The van der Waals surface area contributed by atoms with Gasteiger partial charge >= 0.3 is 0 Å². The lowest BCUT2D eigenvalue weighted by atomic mass is 10.1. The van der Waals surface area contributed by atoms with E-state index in [1.54, 1.807) is 66.7 Å². The predicted molar refractivity (Wildman–Crippen MR) is 150 cm³/mol. The van der Waals surface area contributed by atoms with Gasteiger partial charge < -0.3 is 10.1 Å². The quantitative estimate of drug-likeness (QED) is 0.203. The average molecular weight is 650 g/mol. The Kier molecular flexibility index (Phi) is 8.20. The number of benzene rings is 3. The SMILES string of the molecule is O=C(COc1c(Br)cc(Br)cc1/C=C1/C(=O)NC(=S)N(c2ccccc2)C1=O)Nc1ccccc1Cl. The minimum atomic E-state index is -0.643. The van der Waals surface area contributed by atoms with Gasteiger partial charge in [-0.15, -0.1) is 0 Å². The summed E-state index contributed by atoms with van der Waals surface area (Å²) >= 11 is 18.2. The maximum Gasteiger partial charge on any atom is 0.270 e. The third-order valence-corrected chi connectivity index (χ3v) is 6.61. The highest BCUT2D eigenvalue weighted by molar-refractivity contribution is 9.11. The molecule has 0 aromatic heterocycles. The van der Waals surface area contributed by atoms with Gasteiger partial charge in [0, 0.05) is 10.0 Å². The zero-order chi connectivity index (χ0) is 25.8. The van der Waals surface area contributed by atoms with Gasteiger partial charge in [0.05, 0.1) is 20.9 Å². The maximum absolute atomic E-state index is 13.3. The van der Waals surface area contributed by atoms with Crippen LogP contribution in [0.1, 0.15) is 5.56 Å². The molecule has 182 valence electrons. The van der Waals surface area contributed by atoms with E-state index in [1.165, 1.54) is 11.0 Å². The van der Waals surface area contributed by atoms with E-state index in [0.717, 1.165) is 0 Å². The van der Waals surface area contributed by atoms with Crippen molar-refractivity contribution in [1.29, 1.82) is 0 Å². The molecule has 1 aliphatic rings. The van der Waals surface area contributed by atoms with Gasteiger partial charge in [0.1, 0.15) is 11.3 Å². The van der Waals surface area contributed by atoms with Crippen LogP contribution in [0.2, 0.25) is 5.02 Å². The van der Waals surface area contributed by atoms with Crippen LogP contribution in [0.4, 0.5) is 11.4 Å². The Morgan fingerprint density at radius 1 is 1.08 bits per heavy atom. The fourth-order valence-corrected chi connectivity index (χ4v) is 5.19. The van der Waals surface area contributed by atoms with Crippen LogP contribution in [0, 0.1) is 0 Å². The first kappa shape index (κ1) is 26.0. The molecule has 36 heavy (non-hydrogen) atoms. The van der Waals surface area contributed by atoms with Crippen LogP contribution < -0.4 is 20.3 Å². The molecule has 3 aromatic carbocycles. The summed E-state index contributed by atoms with van der Waals surface area (Å²) in [4.78, 5) is 39.8. The lowest BCUT2D eigenvalue weighted by Gasteiger charge is -2.29. The van der Waals surface area contributed by atoms with Gasteiger partial charge in [0.25, 0.3) is 17.7 Å². The van der Waals surface area contributed by atoms with E-state index in [9.17, 15) is 14.4 Å². The molecule has 0 radical (unpaired) electrons. The first-order chi connectivity index (χ1) is 17.2. The molecule has 0 spiro atoms. The fraction of sp³-hybridized carbons (Fsp3) is 0.0400. The molecule has 0 saturated carbocycles. The van der Waals surface area contributed by atoms with Gasteiger partial charge in [0.2, 0.25) is 0 Å². The van der Waals surface area contributed by atoms with Crippen LogP contribution >= 0.6 is 55.7 Å². The molecule has 0 aliphatic carbocycles. The number of carbonyl (C=O) groups excluding carboxylic acids is 3. The maximum atomic E-state index is 13.3. The van der Waals surface area contributed by atoms with Crippen molar-refractivity contribution in [2.75, 3.05) is 16.8 Å². The highest BCUT2D eigenvalue weighted by atomic mass is 79.9. The van der Waals surface area contributed by atoms with Crippen molar-refractivity contribution in [3.63, 3.8) is 0 Å². The number of anilines is 2. The number of nitrogens with one attached hydrogen (secondary N) is 2. The molecule has 4 rings (SSSR count). The minimum absolute atomic E-state index is 0.0171. The second-order valence-corrected chi connectivity index (χ2v) is 9.98. The molecule has 7 nitrogen and oxygen atoms in total. The molecule has 11 heteroatoms. The van der Waals surface area contributed by atoms with Gasteiger partial charge in [-0.25, -0.2) is 0 Å². The van der Waals surface area contributed by atoms with E-state index in [2.05, 4.69) is 42.5 Å². The molecular weight excluding hydrogens is 634 g/mol. The number of carbonyl (C=O) groups is 3. The fourth-order valence-electron chi connectivity index (χ4n) is 3.35.